The minimum Gasteiger partial charge on any atom is -0.493 e. The van der Waals surface area contributed by atoms with Gasteiger partial charge in [0.1, 0.15) is 5.82 Å². The summed E-state index contributed by atoms with van der Waals surface area (Å²) in [5.41, 5.74) is 0.564. The number of aromatic amines is 1. The Morgan fingerprint density at radius 2 is 2.35 bits per heavy atom. The number of imidazole rings is 1. The van der Waals surface area contributed by atoms with E-state index in [0.717, 1.165) is 25.1 Å². The Hall–Kier alpha value is -2.21. The van der Waals surface area contributed by atoms with Crippen LogP contribution in [0.2, 0.25) is 5.02 Å². The third-order valence-electron chi connectivity index (χ3n) is 4.01. The lowest BCUT2D eigenvalue weighted by atomic mass is 10.0. The Morgan fingerprint density at radius 1 is 1.48 bits per heavy atom. The number of benzene rings is 1. The third-order valence-corrected chi connectivity index (χ3v) is 4.31. The second-order valence-corrected chi connectivity index (χ2v) is 5.84. The highest BCUT2D eigenvalue weighted by Gasteiger charge is 2.30. The van der Waals surface area contributed by atoms with Crippen LogP contribution in [-0.4, -0.2) is 34.6 Å². The van der Waals surface area contributed by atoms with Crippen LogP contribution < -0.4 is 10.1 Å². The number of nitrogens with one attached hydrogen (secondary N) is 2. The fraction of sp³-hybridized carbons (Fsp3) is 0.375. The molecule has 7 heteroatoms. The lowest BCUT2D eigenvalue weighted by molar-refractivity contribution is 0.160. The lowest BCUT2D eigenvalue weighted by Crippen LogP contribution is -2.41. The summed E-state index contributed by atoms with van der Waals surface area (Å²) in [5, 5.41) is 3.36. The normalized spacial score (nSPS) is 17.8. The number of likely N-dealkylation sites (tertiary alicyclic amines) is 1. The highest BCUT2D eigenvalue weighted by Crippen LogP contribution is 2.34. The molecule has 0 bridgehead atoms. The van der Waals surface area contributed by atoms with Gasteiger partial charge in [-0.15, -0.1) is 0 Å². The molecule has 0 saturated carbocycles. The number of rotatable bonds is 3. The van der Waals surface area contributed by atoms with Crippen LogP contribution in [0.15, 0.2) is 30.6 Å². The Morgan fingerprint density at radius 3 is 3.09 bits per heavy atom. The van der Waals surface area contributed by atoms with Crippen LogP contribution in [0, 0.1) is 0 Å². The number of H-pyrrole nitrogens is 1. The van der Waals surface area contributed by atoms with Crippen molar-refractivity contribution < 1.29 is 9.53 Å². The van der Waals surface area contributed by atoms with Crippen LogP contribution in [0.25, 0.3) is 0 Å². The van der Waals surface area contributed by atoms with Gasteiger partial charge in [-0.05, 0) is 31.4 Å². The minimum absolute atomic E-state index is 0.0380. The molecule has 0 aliphatic carbocycles. The predicted octanol–water partition coefficient (Wildman–Crippen LogP) is 3.83. The molecular formula is C16H19ClN4O2. The number of piperidine rings is 1. The summed E-state index contributed by atoms with van der Waals surface area (Å²) in [6.07, 6.45) is 6.45. The largest absolute Gasteiger partial charge is 0.493 e. The summed E-state index contributed by atoms with van der Waals surface area (Å²) in [5.74, 6) is 1.28. The number of methoxy groups -OCH3 is 1. The lowest BCUT2D eigenvalue weighted by Gasteiger charge is -2.34. The Labute approximate surface area is 139 Å². The summed E-state index contributed by atoms with van der Waals surface area (Å²) in [6.45, 7) is 0.695. The second kappa shape index (κ2) is 6.91. The fourth-order valence-corrected chi connectivity index (χ4v) is 3.17. The van der Waals surface area contributed by atoms with Crippen molar-refractivity contribution in [1.29, 1.82) is 0 Å². The molecular weight excluding hydrogens is 316 g/mol. The highest BCUT2D eigenvalue weighted by atomic mass is 35.5. The zero-order valence-corrected chi connectivity index (χ0v) is 13.6. The van der Waals surface area contributed by atoms with E-state index in [9.17, 15) is 4.79 Å². The molecule has 0 unspecified atom stereocenters. The van der Waals surface area contributed by atoms with Gasteiger partial charge in [0.15, 0.2) is 5.75 Å². The first-order valence-corrected chi connectivity index (χ1v) is 7.98. The maximum Gasteiger partial charge on any atom is 0.322 e. The van der Waals surface area contributed by atoms with Gasteiger partial charge in [-0.3, -0.25) is 0 Å². The van der Waals surface area contributed by atoms with Gasteiger partial charge >= 0.3 is 6.03 Å². The zero-order chi connectivity index (χ0) is 16.2. The number of hydrogen-bond donors (Lipinski definition) is 2. The van der Waals surface area contributed by atoms with Crippen LogP contribution in [0.3, 0.4) is 0 Å². The molecule has 2 N–H and O–H groups in total. The van der Waals surface area contributed by atoms with E-state index in [1.54, 1.807) is 30.6 Å². The topological polar surface area (TPSA) is 70.2 Å². The molecule has 1 aromatic heterocycles. The van der Waals surface area contributed by atoms with Crippen molar-refractivity contribution in [3.63, 3.8) is 0 Å². The van der Waals surface area contributed by atoms with Crippen molar-refractivity contribution in [2.75, 3.05) is 19.0 Å². The van der Waals surface area contributed by atoms with Crippen molar-refractivity contribution in [2.45, 2.75) is 25.3 Å². The molecule has 1 aromatic carbocycles. The third kappa shape index (κ3) is 3.27. The Bertz CT molecular complexity index is 675. The van der Waals surface area contributed by atoms with Crippen molar-refractivity contribution >= 4 is 23.3 Å². The molecule has 0 spiro atoms. The van der Waals surface area contributed by atoms with E-state index < -0.39 is 0 Å². The summed E-state index contributed by atoms with van der Waals surface area (Å²) < 4.78 is 5.28. The molecule has 1 fully saturated rings. The average Bonchev–Trinajstić information content (AvgIpc) is 3.09. The van der Waals surface area contributed by atoms with Crippen LogP contribution in [-0.2, 0) is 0 Å². The van der Waals surface area contributed by atoms with E-state index in [1.807, 2.05) is 4.90 Å². The molecule has 1 aliphatic heterocycles. The number of aromatic nitrogens is 2. The number of anilines is 1. The average molecular weight is 335 g/mol. The first-order valence-electron chi connectivity index (χ1n) is 7.60. The van der Waals surface area contributed by atoms with Gasteiger partial charge in [-0.2, -0.15) is 0 Å². The number of halogens is 1. The number of carbonyl (C=O) groups excluding carboxylic acids is 1. The van der Waals surface area contributed by atoms with E-state index in [4.69, 9.17) is 16.3 Å². The van der Waals surface area contributed by atoms with E-state index >= 15 is 0 Å². The van der Waals surface area contributed by atoms with Crippen molar-refractivity contribution in [2.24, 2.45) is 0 Å². The minimum atomic E-state index is -0.174. The van der Waals surface area contributed by atoms with E-state index in [-0.39, 0.29) is 12.1 Å². The molecule has 2 amide bonds. The van der Waals surface area contributed by atoms with Crippen LogP contribution >= 0.6 is 11.6 Å². The number of hydrogen-bond acceptors (Lipinski definition) is 3. The summed E-state index contributed by atoms with van der Waals surface area (Å²) in [6, 6.07) is 5.06. The van der Waals surface area contributed by atoms with Crippen LogP contribution in [0.1, 0.15) is 31.1 Å². The first-order chi connectivity index (χ1) is 11.2. The fourth-order valence-electron chi connectivity index (χ4n) is 2.92. The number of urea groups is 1. The number of para-hydroxylation sites is 1. The molecule has 3 rings (SSSR count). The first kappa shape index (κ1) is 15.7. The van der Waals surface area contributed by atoms with Gasteiger partial charge in [0.05, 0.1) is 23.9 Å². The number of nitrogens with zero attached hydrogens (tertiary/aromatic N) is 2. The van der Waals surface area contributed by atoms with Crippen LogP contribution in [0.5, 0.6) is 5.75 Å². The smallest absolute Gasteiger partial charge is 0.322 e. The van der Waals surface area contributed by atoms with Crippen molar-refractivity contribution in [3.05, 3.63) is 41.4 Å². The quantitative estimate of drug-likeness (QED) is 0.896. The standard InChI is InChI=1S/C16H19ClN4O2/c1-23-14-11(17)5-4-6-12(14)20-16(22)21-10-3-2-7-13(21)15-18-8-9-19-15/h4-6,8-9,13H,2-3,7,10H2,1H3,(H,18,19)(H,20,22)/t13-/m1/s1. The second-order valence-electron chi connectivity index (χ2n) is 5.43. The maximum absolute atomic E-state index is 12.7. The predicted molar refractivity (Wildman–Crippen MR) is 88.9 cm³/mol. The number of carbonyl (C=O) groups is 1. The zero-order valence-electron chi connectivity index (χ0n) is 12.9. The molecule has 1 atom stereocenters. The SMILES string of the molecule is COc1c(Cl)cccc1NC(=O)N1CCCC[C@@H]1c1ncc[nH]1. The summed E-state index contributed by atoms with van der Waals surface area (Å²) in [7, 11) is 1.53. The van der Waals surface area contributed by atoms with Gasteiger partial charge in [0, 0.05) is 18.9 Å². The highest BCUT2D eigenvalue weighted by molar-refractivity contribution is 6.32. The molecule has 122 valence electrons. The van der Waals surface area contributed by atoms with E-state index in [0.29, 0.717) is 23.0 Å². The van der Waals surface area contributed by atoms with Gasteiger partial charge in [0.25, 0.3) is 0 Å². The monoisotopic (exact) mass is 334 g/mol. The molecule has 6 nitrogen and oxygen atoms in total. The maximum atomic E-state index is 12.7. The van der Waals surface area contributed by atoms with Gasteiger partial charge in [-0.25, -0.2) is 9.78 Å². The Kier molecular flexibility index (Phi) is 4.71. The molecule has 0 radical (unpaired) electrons. The van der Waals surface area contributed by atoms with Crippen molar-refractivity contribution in [3.8, 4) is 5.75 Å². The number of amides is 2. The van der Waals surface area contributed by atoms with Crippen LogP contribution in [0.4, 0.5) is 10.5 Å². The van der Waals surface area contributed by atoms with E-state index in [1.165, 1.54) is 7.11 Å². The molecule has 1 saturated heterocycles. The van der Waals surface area contributed by atoms with Gasteiger partial charge in [-0.1, -0.05) is 17.7 Å². The van der Waals surface area contributed by atoms with Crippen molar-refractivity contribution in [1.82, 2.24) is 14.9 Å². The summed E-state index contributed by atoms with van der Waals surface area (Å²) in [4.78, 5) is 21.9. The van der Waals surface area contributed by atoms with Gasteiger partial charge in [0.2, 0.25) is 0 Å². The van der Waals surface area contributed by atoms with Gasteiger partial charge < -0.3 is 19.9 Å². The Balaban J connectivity index is 1.80. The molecule has 2 heterocycles. The number of ether oxygens (including phenoxy) is 1. The summed E-state index contributed by atoms with van der Waals surface area (Å²) >= 11 is 6.10. The molecule has 1 aliphatic rings. The molecule has 2 aromatic rings. The van der Waals surface area contributed by atoms with E-state index in [2.05, 4.69) is 15.3 Å². The molecule has 23 heavy (non-hydrogen) atoms.